The number of nitrogens with zero attached hydrogens (tertiary/aromatic N) is 2. The zero-order valence-corrected chi connectivity index (χ0v) is 21.5. The fourth-order valence-corrected chi connectivity index (χ4v) is 4.28. The summed E-state index contributed by atoms with van der Waals surface area (Å²) in [6, 6.07) is 19.6. The lowest BCUT2D eigenvalue weighted by Gasteiger charge is -2.23. The van der Waals surface area contributed by atoms with E-state index in [1.807, 2.05) is 42.5 Å². The summed E-state index contributed by atoms with van der Waals surface area (Å²) in [4.78, 5) is 41.3. The van der Waals surface area contributed by atoms with Crippen molar-refractivity contribution in [2.24, 2.45) is 11.7 Å². The van der Waals surface area contributed by atoms with E-state index in [1.165, 1.54) is 11.8 Å². The molecule has 1 aliphatic rings. The van der Waals surface area contributed by atoms with Gasteiger partial charge in [0.25, 0.3) is 5.91 Å². The molecule has 0 fully saturated rings. The molecule has 0 bridgehead atoms. The smallest absolute Gasteiger partial charge is 0.308 e. The summed E-state index contributed by atoms with van der Waals surface area (Å²) in [5.41, 5.74) is 9.38. The predicted octanol–water partition coefficient (Wildman–Crippen LogP) is 4.50. The molecule has 0 saturated heterocycles. The lowest BCUT2D eigenvalue weighted by Crippen LogP contribution is -2.42. The van der Waals surface area contributed by atoms with Gasteiger partial charge in [-0.2, -0.15) is 0 Å². The number of carbonyl (C=O) groups is 3. The third-order valence-electron chi connectivity index (χ3n) is 6.32. The second-order valence-corrected chi connectivity index (χ2v) is 9.61. The first-order valence-corrected chi connectivity index (χ1v) is 12.3. The topological polar surface area (TPSA) is 128 Å². The molecule has 194 valence electrons. The monoisotopic (exact) mass is 530 g/mol. The molecule has 8 nitrogen and oxygen atoms in total. The van der Waals surface area contributed by atoms with E-state index < -0.39 is 17.8 Å². The molecular weight excluding hydrogens is 504 g/mol. The van der Waals surface area contributed by atoms with Crippen LogP contribution in [-0.4, -0.2) is 46.7 Å². The highest BCUT2D eigenvalue weighted by Crippen LogP contribution is 2.30. The van der Waals surface area contributed by atoms with Gasteiger partial charge in [-0.25, -0.2) is 0 Å². The molecule has 4 N–H and O–H groups in total. The van der Waals surface area contributed by atoms with E-state index in [-0.39, 0.29) is 31.4 Å². The lowest BCUT2D eigenvalue weighted by molar-refractivity contribution is -0.141. The minimum Gasteiger partial charge on any atom is -0.481 e. The second-order valence-electron chi connectivity index (χ2n) is 9.18. The number of amidine groups is 1. The van der Waals surface area contributed by atoms with Crippen LogP contribution in [0.25, 0.3) is 12.2 Å². The highest BCUT2D eigenvalue weighted by Gasteiger charge is 2.33. The number of fused-ring (bicyclic) bond motifs is 1. The largest absolute Gasteiger partial charge is 0.481 e. The van der Waals surface area contributed by atoms with E-state index in [4.69, 9.17) is 22.7 Å². The molecule has 0 spiro atoms. The number of nitrogens with one attached hydrogen (secondary N) is 1. The highest BCUT2D eigenvalue weighted by atomic mass is 35.5. The summed E-state index contributed by atoms with van der Waals surface area (Å²) in [5, 5.41) is 17.5. The zero-order valence-electron chi connectivity index (χ0n) is 20.7. The minimum absolute atomic E-state index is 0.00994. The van der Waals surface area contributed by atoms with Gasteiger partial charge in [0, 0.05) is 17.1 Å². The number of hydrogen-bond acceptors (Lipinski definition) is 4. The number of nitrogens with two attached hydrogens (primary N) is 1. The fraction of sp³-hybridized carbons (Fsp3) is 0.172. The number of benzene rings is 3. The molecule has 0 radical (unpaired) electrons. The Morgan fingerprint density at radius 1 is 1.05 bits per heavy atom. The van der Waals surface area contributed by atoms with Gasteiger partial charge in [0.05, 0.1) is 23.7 Å². The van der Waals surface area contributed by atoms with Crippen LogP contribution >= 0.6 is 11.6 Å². The van der Waals surface area contributed by atoms with Gasteiger partial charge in [0.15, 0.2) is 0 Å². The number of amides is 2. The van der Waals surface area contributed by atoms with E-state index in [0.29, 0.717) is 21.8 Å². The van der Waals surface area contributed by atoms with E-state index in [2.05, 4.69) is 0 Å². The van der Waals surface area contributed by atoms with Crippen molar-refractivity contribution in [1.82, 2.24) is 4.90 Å². The molecule has 3 aromatic rings. The van der Waals surface area contributed by atoms with Gasteiger partial charge in [-0.15, -0.1) is 0 Å². The van der Waals surface area contributed by atoms with Crippen LogP contribution in [0.2, 0.25) is 5.02 Å². The maximum absolute atomic E-state index is 13.6. The Kier molecular flexibility index (Phi) is 7.93. The van der Waals surface area contributed by atoms with Crippen LogP contribution in [0.15, 0.2) is 66.7 Å². The molecule has 1 aliphatic heterocycles. The van der Waals surface area contributed by atoms with Crippen LogP contribution in [0.1, 0.15) is 39.5 Å². The van der Waals surface area contributed by atoms with Crippen molar-refractivity contribution in [3.63, 3.8) is 0 Å². The van der Waals surface area contributed by atoms with Gasteiger partial charge < -0.3 is 20.6 Å². The number of nitrogen functional groups attached to an aromatic ring is 1. The van der Waals surface area contributed by atoms with E-state index in [0.717, 1.165) is 16.7 Å². The van der Waals surface area contributed by atoms with Crippen LogP contribution in [0.5, 0.6) is 0 Å². The normalized spacial score (nSPS) is 14.4. The lowest BCUT2D eigenvalue weighted by atomic mass is 10.0. The van der Waals surface area contributed by atoms with Gasteiger partial charge in [-0.05, 0) is 41.0 Å². The summed E-state index contributed by atoms with van der Waals surface area (Å²) in [6.45, 7) is 1.42. The maximum atomic E-state index is 13.6. The van der Waals surface area contributed by atoms with Crippen molar-refractivity contribution in [1.29, 1.82) is 5.41 Å². The first kappa shape index (κ1) is 26.6. The average Bonchev–Trinajstić information content (AvgIpc) is 2.99. The number of carbonyl (C=O) groups excluding carboxylic acids is 2. The summed E-state index contributed by atoms with van der Waals surface area (Å²) in [7, 11) is 0. The molecule has 3 aromatic carbocycles. The summed E-state index contributed by atoms with van der Waals surface area (Å²) in [5.74, 6) is -2.59. The van der Waals surface area contributed by atoms with Crippen LogP contribution in [0, 0.1) is 11.3 Å². The first-order chi connectivity index (χ1) is 18.1. The standard InChI is InChI=1S/C29H27ClN4O4/c1-18(29(37)38)15-33-17-26(35)34(16-21-6-11-23(30)12-7-21)25-13-8-20(14-24(25)28(33)36)3-2-19-4-9-22(10-5-19)27(31)32/h2-14,18H,15-17H2,1H3,(H3,31,32)(H,37,38). The van der Waals surface area contributed by atoms with Crippen molar-refractivity contribution in [3.05, 3.63) is 99.6 Å². The van der Waals surface area contributed by atoms with Crippen molar-refractivity contribution >= 4 is 53.1 Å². The number of carboxylic acid groups (broad SMARTS) is 1. The van der Waals surface area contributed by atoms with Crippen molar-refractivity contribution < 1.29 is 19.5 Å². The van der Waals surface area contributed by atoms with Gasteiger partial charge in [0.2, 0.25) is 5.91 Å². The molecule has 0 saturated carbocycles. The van der Waals surface area contributed by atoms with Crippen LogP contribution < -0.4 is 10.6 Å². The quantitative estimate of drug-likeness (QED) is 0.224. The fourth-order valence-electron chi connectivity index (χ4n) is 4.16. The molecule has 2 amide bonds. The van der Waals surface area contributed by atoms with E-state index in [1.54, 1.807) is 41.3 Å². The van der Waals surface area contributed by atoms with Crippen molar-refractivity contribution in [2.75, 3.05) is 18.0 Å². The number of rotatable bonds is 8. The molecule has 9 heteroatoms. The Morgan fingerprint density at radius 3 is 2.32 bits per heavy atom. The molecule has 1 atom stereocenters. The minimum atomic E-state index is -1.04. The highest BCUT2D eigenvalue weighted by molar-refractivity contribution is 6.30. The molecule has 1 unspecified atom stereocenters. The van der Waals surface area contributed by atoms with Crippen molar-refractivity contribution in [3.8, 4) is 0 Å². The van der Waals surface area contributed by atoms with Gasteiger partial charge in [-0.3, -0.25) is 19.8 Å². The molecule has 38 heavy (non-hydrogen) atoms. The molecule has 0 aliphatic carbocycles. The van der Waals surface area contributed by atoms with Gasteiger partial charge in [0.1, 0.15) is 12.4 Å². The van der Waals surface area contributed by atoms with Gasteiger partial charge >= 0.3 is 5.97 Å². The average molecular weight is 531 g/mol. The van der Waals surface area contributed by atoms with Gasteiger partial charge in [-0.1, -0.05) is 73.1 Å². The number of aliphatic carboxylic acids is 1. The summed E-state index contributed by atoms with van der Waals surface area (Å²) in [6.07, 6.45) is 3.71. The first-order valence-electron chi connectivity index (χ1n) is 12.0. The van der Waals surface area contributed by atoms with E-state index >= 15 is 0 Å². The third kappa shape index (κ3) is 6.10. The Bertz CT molecular complexity index is 1420. The Balaban J connectivity index is 1.70. The second kappa shape index (κ2) is 11.3. The zero-order chi connectivity index (χ0) is 27.4. The summed E-state index contributed by atoms with van der Waals surface area (Å²) >= 11 is 6.01. The van der Waals surface area contributed by atoms with Crippen LogP contribution in [0.4, 0.5) is 5.69 Å². The molecule has 0 aromatic heterocycles. The third-order valence-corrected chi connectivity index (χ3v) is 6.57. The molecule has 4 rings (SSSR count). The number of carboxylic acids is 1. The van der Waals surface area contributed by atoms with E-state index in [9.17, 15) is 19.5 Å². The Morgan fingerprint density at radius 2 is 1.68 bits per heavy atom. The Labute approximate surface area is 225 Å². The Hall–Kier alpha value is -4.43. The van der Waals surface area contributed by atoms with Crippen molar-refractivity contribution in [2.45, 2.75) is 13.5 Å². The van der Waals surface area contributed by atoms with Crippen LogP contribution in [-0.2, 0) is 16.1 Å². The predicted molar refractivity (Wildman–Crippen MR) is 148 cm³/mol. The number of anilines is 1. The molecular formula is C29H27ClN4O4. The summed E-state index contributed by atoms with van der Waals surface area (Å²) < 4.78 is 0. The number of hydrogen-bond donors (Lipinski definition) is 3. The molecule has 1 heterocycles. The van der Waals surface area contributed by atoms with Crippen LogP contribution in [0.3, 0.4) is 0 Å². The number of halogens is 1. The maximum Gasteiger partial charge on any atom is 0.308 e. The SMILES string of the molecule is CC(CN1CC(=O)N(Cc2ccc(Cl)cc2)c2ccc(C=Cc3ccc(C(=N)N)cc3)cc2C1=O)C(=O)O.